The Hall–Kier alpha value is -2.76. The number of rotatable bonds is 4. The Morgan fingerprint density at radius 3 is 2.75 bits per heavy atom. The van der Waals surface area contributed by atoms with Crippen molar-refractivity contribution in [1.29, 1.82) is 0 Å². The van der Waals surface area contributed by atoms with Crippen molar-refractivity contribution >= 4 is 5.69 Å². The summed E-state index contributed by atoms with van der Waals surface area (Å²) in [6.45, 7) is 3.56. The molecule has 0 aliphatic carbocycles. The van der Waals surface area contributed by atoms with E-state index in [1.807, 2.05) is 0 Å². The van der Waals surface area contributed by atoms with Crippen molar-refractivity contribution in [1.82, 2.24) is 4.57 Å². The van der Waals surface area contributed by atoms with Gasteiger partial charge in [0, 0.05) is 23.9 Å². The van der Waals surface area contributed by atoms with Crippen LogP contribution in [0.25, 0.3) is 5.69 Å². The summed E-state index contributed by atoms with van der Waals surface area (Å²) in [6.07, 6.45) is 3.47. The molecule has 0 aliphatic rings. The van der Waals surface area contributed by atoms with Gasteiger partial charge in [-0.2, -0.15) is 4.39 Å². The zero-order valence-electron chi connectivity index (χ0n) is 10.5. The number of nitrogens with zero attached hydrogens (tertiary/aromatic N) is 2. The van der Waals surface area contributed by atoms with E-state index in [0.717, 1.165) is 12.1 Å². The third kappa shape index (κ3) is 2.49. The van der Waals surface area contributed by atoms with Crippen molar-refractivity contribution < 1.29 is 9.31 Å². The molecule has 102 valence electrons. The summed E-state index contributed by atoms with van der Waals surface area (Å²) >= 11 is 0. The molecular formula is C14H11FN2O3. The SMILES string of the molecule is C=CCc1cccn(-c2ccc([N+](=O)[O-])c(F)c2)c1=O. The van der Waals surface area contributed by atoms with Gasteiger partial charge in [0.25, 0.3) is 5.56 Å². The number of benzene rings is 1. The zero-order chi connectivity index (χ0) is 14.7. The second-order valence-electron chi connectivity index (χ2n) is 4.09. The van der Waals surface area contributed by atoms with Crippen LogP contribution < -0.4 is 5.56 Å². The van der Waals surface area contributed by atoms with Gasteiger partial charge in [-0.3, -0.25) is 19.5 Å². The van der Waals surface area contributed by atoms with Crippen LogP contribution in [0.1, 0.15) is 5.56 Å². The molecule has 0 saturated carbocycles. The summed E-state index contributed by atoms with van der Waals surface area (Å²) in [7, 11) is 0. The number of nitro benzene ring substituents is 1. The third-order valence-corrected chi connectivity index (χ3v) is 2.80. The molecule has 0 spiro atoms. The molecular weight excluding hydrogens is 263 g/mol. The van der Waals surface area contributed by atoms with Gasteiger partial charge in [0.1, 0.15) is 0 Å². The van der Waals surface area contributed by atoms with E-state index in [0.29, 0.717) is 12.0 Å². The normalized spacial score (nSPS) is 10.2. The van der Waals surface area contributed by atoms with E-state index in [4.69, 9.17) is 0 Å². The molecule has 5 nitrogen and oxygen atoms in total. The van der Waals surface area contributed by atoms with Crippen molar-refractivity contribution in [2.45, 2.75) is 6.42 Å². The van der Waals surface area contributed by atoms with Gasteiger partial charge in [-0.1, -0.05) is 12.1 Å². The Morgan fingerprint density at radius 1 is 1.40 bits per heavy atom. The number of pyridine rings is 1. The van der Waals surface area contributed by atoms with E-state index < -0.39 is 16.4 Å². The van der Waals surface area contributed by atoms with Crippen LogP contribution in [-0.4, -0.2) is 9.49 Å². The molecule has 1 heterocycles. The molecule has 0 unspecified atom stereocenters. The van der Waals surface area contributed by atoms with E-state index in [1.165, 1.54) is 16.8 Å². The Bertz CT molecular complexity index is 737. The molecule has 0 aliphatic heterocycles. The van der Waals surface area contributed by atoms with Crippen LogP contribution in [0.15, 0.2) is 54.0 Å². The van der Waals surface area contributed by atoms with Crippen LogP contribution in [-0.2, 0) is 6.42 Å². The highest BCUT2D eigenvalue weighted by Gasteiger charge is 2.15. The fourth-order valence-corrected chi connectivity index (χ4v) is 1.85. The Morgan fingerprint density at radius 2 is 2.15 bits per heavy atom. The van der Waals surface area contributed by atoms with Crippen LogP contribution in [0.3, 0.4) is 0 Å². The monoisotopic (exact) mass is 274 g/mol. The molecule has 1 aromatic heterocycles. The maximum absolute atomic E-state index is 13.6. The van der Waals surface area contributed by atoms with E-state index in [2.05, 4.69) is 6.58 Å². The molecule has 0 atom stereocenters. The zero-order valence-corrected chi connectivity index (χ0v) is 10.5. The number of nitro groups is 1. The number of halogens is 1. The van der Waals surface area contributed by atoms with Gasteiger partial charge < -0.3 is 0 Å². The first-order chi connectivity index (χ1) is 9.54. The van der Waals surface area contributed by atoms with E-state index in [9.17, 15) is 19.3 Å². The van der Waals surface area contributed by atoms with E-state index in [-0.39, 0.29) is 11.2 Å². The first kappa shape index (κ1) is 13.7. The summed E-state index contributed by atoms with van der Waals surface area (Å²) in [6, 6.07) is 6.65. The summed E-state index contributed by atoms with van der Waals surface area (Å²) in [5.41, 5.74) is -0.171. The van der Waals surface area contributed by atoms with Crippen molar-refractivity contribution in [3.05, 3.63) is 81.0 Å². The van der Waals surface area contributed by atoms with Gasteiger partial charge in [0.2, 0.25) is 5.82 Å². The minimum absolute atomic E-state index is 0.240. The summed E-state index contributed by atoms with van der Waals surface area (Å²) in [5, 5.41) is 10.6. The van der Waals surface area contributed by atoms with Gasteiger partial charge in [-0.15, -0.1) is 6.58 Å². The second kappa shape index (κ2) is 5.48. The Kier molecular flexibility index (Phi) is 3.74. The molecule has 20 heavy (non-hydrogen) atoms. The lowest BCUT2D eigenvalue weighted by atomic mass is 10.2. The van der Waals surface area contributed by atoms with Crippen molar-refractivity contribution in [2.75, 3.05) is 0 Å². The highest BCUT2D eigenvalue weighted by Crippen LogP contribution is 2.19. The van der Waals surface area contributed by atoms with Gasteiger partial charge in [-0.25, -0.2) is 0 Å². The molecule has 0 radical (unpaired) electrons. The largest absolute Gasteiger partial charge is 0.304 e. The summed E-state index contributed by atoms with van der Waals surface area (Å²) in [5.74, 6) is -0.978. The van der Waals surface area contributed by atoms with Crippen LogP contribution in [0.5, 0.6) is 0 Å². The van der Waals surface area contributed by atoms with Crippen LogP contribution >= 0.6 is 0 Å². The molecule has 0 saturated heterocycles. The minimum atomic E-state index is -0.978. The van der Waals surface area contributed by atoms with E-state index >= 15 is 0 Å². The molecule has 1 aromatic carbocycles. The number of hydrogen-bond acceptors (Lipinski definition) is 3. The fraction of sp³-hybridized carbons (Fsp3) is 0.0714. The standard InChI is InChI=1S/C14H11FN2O3/c1-2-4-10-5-3-8-16(14(10)18)11-6-7-13(17(19)20)12(15)9-11/h2-3,5-9H,1,4H2. The lowest BCUT2D eigenvalue weighted by Crippen LogP contribution is -2.21. The Balaban J connectivity index is 2.55. The molecule has 0 N–H and O–H groups in total. The average Bonchev–Trinajstić information content (AvgIpc) is 2.41. The molecule has 2 rings (SSSR count). The van der Waals surface area contributed by atoms with Crippen LogP contribution in [0.2, 0.25) is 0 Å². The quantitative estimate of drug-likeness (QED) is 0.489. The predicted molar refractivity (Wildman–Crippen MR) is 72.6 cm³/mol. The number of allylic oxidation sites excluding steroid dienone is 1. The van der Waals surface area contributed by atoms with Gasteiger partial charge in [0.15, 0.2) is 0 Å². The van der Waals surface area contributed by atoms with Crippen molar-refractivity contribution in [3.8, 4) is 5.69 Å². The smallest absolute Gasteiger partial charge is 0.284 e. The number of aromatic nitrogens is 1. The van der Waals surface area contributed by atoms with Crippen LogP contribution in [0, 0.1) is 15.9 Å². The Labute approximate surface area is 113 Å². The first-order valence-corrected chi connectivity index (χ1v) is 5.80. The molecule has 0 fully saturated rings. The minimum Gasteiger partial charge on any atom is -0.284 e. The highest BCUT2D eigenvalue weighted by atomic mass is 19.1. The van der Waals surface area contributed by atoms with Crippen LogP contribution in [0.4, 0.5) is 10.1 Å². The lowest BCUT2D eigenvalue weighted by molar-refractivity contribution is -0.387. The van der Waals surface area contributed by atoms with Crippen molar-refractivity contribution in [3.63, 3.8) is 0 Å². The van der Waals surface area contributed by atoms with E-state index in [1.54, 1.807) is 18.2 Å². The average molecular weight is 274 g/mol. The number of hydrogen-bond donors (Lipinski definition) is 0. The predicted octanol–water partition coefficient (Wildman–Crippen LogP) is 2.61. The van der Waals surface area contributed by atoms with Gasteiger partial charge >= 0.3 is 5.69 Å². The third-order valence-electron chi connectivity index (χ3n) is 2.80. The summed E-state index contributed by atoms with van der Waals surface area (Å²) < 4.78 is 14.8. The molecule has 0 amide bonds. The highest BCUT2D eigenvalue weighted by molar-refractivity contribution is 5.42. The maximum atomic E-state index is 13.6. The maximum Gasteiger partial charge on any atom is 0.304 e. The second-order valence-corrected chi connectivity index (χ2v) is 4.09. The summed E-state index contributed by atoms with van der Waals surface area (Å²) in [4.78, 5) is 21.9. The molecule has 0 bridgehead atoms. The molecule has 2 aromatic rings. The fourth-order valence-electron chi connectivity index (χ4n) is 1.85. The van der Waals surface area contributed by atoms with Crippen molar-refractivity contribution in [2.24, 2.45) is 0 Å². The van der Waals surface area contributed by atoms with Gasteiger partial charge in [0.05, 0.1) is 10.6 Å². The molecule has 6 heteroatoms. The first-order valence-electron chi connectivity index (χ1n) is 5.80. The van der Waals surface area contributed by atoms with Gasteiger partial charge in [-0.05, 0) is 18.6 Å². The lowest BCUT2D eigenvalue weighted by Gasteiger charge is -2.07. The topological polar surface area (TPSA) is 65.1 Å².